The molecule has 2 aromatic carbocycles. The van der Waals surface area contributed by atoms with Crippen molar-refractivity contribution in [3.63, 3.8) is 0 Å². The number of nitrogens with one attached hydrogen (secondary N) is 1. The van der Waals surface area contributed by atoms with E-state index in [1.807, 2.05) is 48.2 Å². The number of pyridine rings is 1. The Balaban J connectivity index is 1.60. The fourth-order valence-electron chi connectivity index (χ4n) is 4.75. The van der Waals surface area contributed by atoms with Crippen molar-refractivity contribution in [2.75, 3.05) is 30.3 Å². The van der Waals surface area contributed by atoms with Crippen LogP contribution in [0.1, 0.15) is 34.3 Å². The van der Waals surface area contributed by atoms with Crippen LogP contribution in [0.25, 0.3) is 10.9 Å². The molecule has 0 atom stereocenters. The molecule has 0 bridgehead atoms. The number of ketones is 1. The van der Waals surface area contributed by atoms with Crippen molar-refractivity contribution in [2.24, 2.45) is 5.92 Å². The Hall–Kier alpha value is -2.77. The normalized spacial score (nSPS) is 18.8. The van der Waals surface area contributed by atoms with Gasteiger partial charge in [-0.1, -0.05) is 29.8 Å². The standard InChI is InChI=1S/C25H27N3O3S/c1-17-6-7-22-20(14-17)21(25(29)18-8-10-26-11-9-18)15-24(27-22)28-12-13-32(30,31)23-5-3-2-4-19(23)16-28/h2-7,14-15,18,26H,8-13,16H2,1H3. The maximum absolute atomic E-state index is 13.6. The van der Waals surface area contributed by atoms with Crippen molar-refractivity contribution < 1.29 is 13.2 Å². The molecule has 3 aromatic rings. The van der Waals surface area contributed by atoms with Gasteiger partial charge < -0.3 is 10.2 Å². The Morgan fingerprint density at radius 2 is 1.88 bits per heavy atom. The Morgan fingerprint density at radius 1 is 1.09 bits per heavy atom. The van der Waals surface area contributed by atoms with Gasteiger partial charge in [-0.15, -0.1) is 0 Å². The van der Waals surface area contributed by atoms with E-state index in [-0.39, 0.29) is 17.5 Å². The van der Waals surface area contributed by atoms with Crippen molar-refractivity contribution >= 4 is 32.3 Å². The molecule has 6 nitrogen and oxygen atoms in total. The molecule has 32 heavy (non-hydrogen) atoms. The Morgan fingerprint density at radius 3 is 2.69 bits per heavy atom. The van der Waals surface area contributed by atoms with Crippen molar-refractivity contribution in [3.8, 4) is 0 Å². The number of hydrogen-bond acceptors (Lipinski definition) is 6. The van der Waals surface area contributed by atoms with Gasteiger partial charge in [-0.05, 0) is 62.7 Å². The van der Waals surface area contributed by atoms with Gasteiger partial charge in [0.15, 0.2) is 15.6 Å². The average molecular weight is 450 g/mol. The maximum Gasteiger partial charge on any atom is 0.180 e. The molecule has 1 aromatic heterocycles. The highest BCUT2D eigenvalue weighted by atomic mass is 32.2. The van der Waals surface area contributed by atoms with Crippen molar-refractivity contribution in [1.29, 1.82) is 0 Å². The van der Waals surface area contributed by atoms with E-state index in [1.54, 1.807) is 12.1 Å². The second kappa shape index (κ2) is 8.30. The molecule has 2 aliphatic heterocycles. The van der Waals surface area contributed by atoms with Gasteiger partial charge in [0.1, 0.15) is 5.82 Å². The summed E-state index contributed by atoms with van der Waals surface area (Å²) in [6.07, 6.45) is 1.66. The summed E-state index contributed by atoms with van der Waals surface area (Å²) in [5.74, 6) is 0.842. The number of Topliss-reactive ketones (excluding diaryl/α,β-unsaturated/α-hetero) is 1. The third-order valence-electron chi connectivity index (χ3n) is 6.55. The molecule has 0 aliphatic carbocycles. The first-order valence-corrected chi connectivity index (χ1v) is 12.8. The molecule has 7 heteroatoms. The number of fused-ring (bicyclic) bond motifs is 2. The molecule has 0 unspecified atom stereocenters. The average Bonchev–Trinajstić information content (AvgIpc) is 2.94. The summed E-state index contributed by atoms with van der Waals surface area (Å²) in [5.41, 5.74) is 3.31. The molecule has 2 aliphatic rings. The summed E-state index contributed by atoms with van der Waals surface area (Å²) in [6.45, 7) is 4.50. The number of sulfone groups is 1. The molecule has 0 radical (unpaired) electrons. The fraction of sp³-hybridized carbons (Fsp3) is 0.360. The number of carbonyl (C=O) groups is 1. The highest BCUT2D eigenvalue weighted by Gasteiger charge is 2.28. The van der Waals surface area contributed by atoms with E-state index < -0.39 is 9.84 Å². The number of aromatic nitrogens is 1. The smallest absolute Gasteiger partial charge is 0.180 e. The zero-order chi connectivity index (χ0) is 22.3. The first kappa shape index (κ1) is 21.1. The number of benzene rings is 2. The van der Waals surface area contributed by atoms with Crippen LogP contribution in [0.2, 0.25) is 0 Å². The minimum atomic E-state index is -3.35. The van der Waals surface area contributed by atoms with Crippen LogP contribution in [0.5, 0.6) is 0 Å². The number of piperidine rings is 1. The summed E-state index contributed by atoms with van der Waals surface area (Å²) >= 11 is 0. The van der Waals surface area contributed by atoms with E-state index in [9.17, 15) is 13.2 Å². The number of hydrogen-bond donors (Lipinski definition) is 1. The van der Waals surface area contributed by atoms with Crippen LogP contribution in [-0.4, -0.2) is 44.6 Å². The molecule has 0 spiro atoms. The summed E-state index contributed by atoms with van der Waals surface area (Å²) in [5, 5.41) is 4.20. The zero-order valence-corrected chi connectivity index (χ0v) is 19.0. The predicted octanol–water partition coefficient (Wildman–Crippen LogP) is 3.52. The first-order chi connectivity index (χ1) is 15.4. The third kappa shape index (κ3) is 3.91. The number of aryl methyl sites for hydroxylation is 1. The molecule has 166 valence electrons. The summed E-state index contributed by atoms with van der Waals surface area (Å²) < 4.78 is 25.6. The van der Waals surface area contributed by atoms with Crippen LogP contribution in [0.4, 0.5) is 5.82 Å². The molecule has 1 N–H and O–H groups in total. The van der Waals surface area contributed by atoms with Gasteiger partial charge in [-0.25, -0.2) is 13.4 Å². The maximum atomic E-state index is 13.6. The van der Waals surface area contributed by atoms with Crippen LogP contribution in [-0.2, 0) is 16.4 Å². The lowest BCUT2D eigenvalue weighted by atomic mass is 9.88. The largest absolute Gasteiger partial charge is 0.351 e. The van der Waals surface area contributed by atoms with Crippen LogP contribution < -0.4 is 10.2 Å². The monoisotopic (exact) mass is 449 g/mol. The fourth-order valence-corrected chi connectivity index (χ4v) is 6.25. The SMILES string of the molecule is Cc1ccc2nc(N3CCS(=O)(=O)c4ccccc4C3)cc(C(=O)C3CCNCC3)c2c1. The molecule has 1 fully saturated rings. The van der Waals surface area contributed by atoms with Gasteiger partial charge in [-0.3, -0.25) is 4.79 Å². The van der Waals surface area contributed by atoms with E-state index >= 15 is 0 Å². The molecule has 3 heterocycles. The minimum absolute atomic E-state index is 0.000416. The lowest BCUT2D eigenvalue weighted by molar-refractivity contribution is 0.0897. The Bertz CT molecular complexity index is 1300. The van der Waals surface area contributed by atoms with Crippen molar-refractivity contribution in [3.05, 3.63) is 65.2 Å². The van der Waals surface area contributed by atoms with Crippen LogP contribution in [0.3, 0.4) is 0 Å². The van der Waals surface area contributed by atoms with E-state index in [0.29, 0.717) is 29.4 Å². The minimum Gasteiger partial charge on any atom is -0.351 e. The van der Waals surface area contributed by atoms with Gasteiger partial charge in [0.25, 0.3) is 0 Å². The highest BCUT2D eigenvalue weighted by molar-refractivity contribution is 7.91. The first-order valence-electron chi connectivity index (χ1n) is 11.1. The zero-order valence-electron chi connectivity index (χ0n) is 18.2. The van der Waals surface area contributed by atoms with Crippen molar-refractivity contribution in [1.82, 2.24) is 10.3 Å². The predicted molar refractivity (Wildman–Crippen MR) is 126 cm³/mol. The molecule has 0 amide bonds. The Labute approximate surface area is 188 Å². The Kier molecular flexibility index (Phi) is 5.47. The third-order valence-corrected chi connectivity index (χ3v) is 8.34. The lowest BCUT2D eigenvalue weighted by Crippen LogP contribution is -2.32. The second-order valence-corrected chi connectivity index (χ2v) is 10.9. The van der Waals surface area contributed by atoms with Crippen LogP contribution >= 0.6 is 0 Å². The van der Waals surface area contributed by atoms with Crippen LogP contribution in [0, 0.1) is 12.8 Å². The summed E-state index contributed by atoms with van der Waals surface area (Å²) in [7, 11) is -3.35. The number of nitrogens with zero attached hydrogens (tertiary/aromatic N) is 2. The van der Waals surface area contributed by atoms with E-state index in [4.69, 9.17) is 4.98 Å². The molecular weight excluding hydrogens is 422 g/mol. The van der Waals surface area contributed by atoms with Crippen molar-refractivity contribution in [2.45, 2.75) is 31.2 Å². The van der Waals surface area contributed by atoms with Gasteiger partial charge in [0.05, 0.1) is 16.2 Å². The number of carbonyl (C=O) groups excluding carboxylic acids is 1. The number of rotatable bonds is 3. The highest BCUT2D eigenvalue weighted by Crippen LogP contribution is 2.31. The van der Waals surface area contributed by atoms with Crippen LogP contribution in [0.15, 0.2) is 53.4 Å². The van der Waals surface area contributed by atoms with Gasteiger partial charge in [-0.2, -0.15) is 0 Å². The molecular formula is C25H27N3O3S. The van der Waals surface area contributed by atoms with E-state index in [0.717, 1.165) is 48.0 Å². The summed E-state index contributed by atoms with van der Waals surface area (Å²) in [4.78, 5) is 20.8. The number of anilines is 1. The molecule has 1 saturated heterocycles. The lowest BCUT2D eigenvalue weighted by Gasteiger charge is -2.25. The van der Waals surface area contributed by atoms with Gasteiger partial charge in [0, 0.05) is 30.0 Å². The van der Waals surface area contributed by atoms with E-state index in [1.165, 1.54) is 0 Å². The van der Waals surface area contributed by atoms with E-state index in [2.05, 4.69) is 5.32 Å². The van der Waals surface area contributed by atoms with Gasteiger partial charge >= 0.3 is 0 Å². The topological polar surface area (TPSA) is 79.4 Å². The summed E-state index contributed by atoms with van der Waals surface area (Å²) in [6, 6.07) is 15.0. The second-order valence-electron chi connectivity index (χ2n) is 8.79. The molecule has 5 rings (SSSR count). The molecule has 0 saturated carbocycles. The quantitative estimate of drug-likeness (QED) is 0.617. The van der Waals surface area contributed by atoms with Gasteiger partial charge in [0.2, 0.25) is 0 Å².